The van der Waals surface area contributed by atoms with E-state index in [1.165, 1.54) is 6.07 Å². The highest BCUT2D eigenvalue weighted by molar-refractivity contribution is 9.10. The molecule has 0 N–H and O–H groups in total. The lowest BCUT2D eigenvalue weighted by molar-refractivity contribution is -0.137. The molecule has 0 atom stereocenters. The lowest BCUT2D eigenvalue weighted by atomic mass is 10.1. The zero-order valence-corrected chi connectivity index (χ0v) is 11.3. The van der Waals surface area contributed by atoms with Gasteiger partial charge in [0, 0.05) is 5.39 Å². The minimum atomic E-state index is -4.56. The van der Waals surface area contributed by atoms with Gasteiger partial charge in [0.2, 0.25) is 0 Å². The third-order valence-electron chi connectivity index (χ3n) is 2.43. The topological polar surface area (TPSA) is 39.4 Å². The number of ether oxygens (including phenoxy) is 1. The molecule has 7 heteroatoms. The van der Waals surface area contributed by atoms with E-state index in [9.17, 15) is 18.0 Å². The normalized spacial score (nSPS) is 11.8. The summed E-state index contributed by atoms with van der Waals surface area (Å²) in [4.78, 5) is 11.7. The van der Waals surface area contributed by atoms with Gasteiger partial charge in [-0.1, -0.05) is 0 Å². The summed E-state index contributed by atoms with van der Waals surface area (Å²) in [5.41, 5.74) is -1.14. The summed E-state index contributed by atoms with van der Waals surface area (Å²) in [6.45, 7) is 1.66. The highest BCUT2D eigenvalue weighted by Crippen LogP contribution is 2.35. The van der Waals surface area contributed by atoms with Crippen molar-refractivity contribution in [2.75, 3.05) is 6.61 Å². The molecule has 0 bridgehead atoms. The monoisotopic (exact) mass is 336 g/mol. The molecule has 1 aromatic heterocycles. The van der Waals surface area contributed by atoms with Crippen LogP contribution in [0.2, 0.25) is 0 Å². The van der Waals surface area contributed by atoms with Gasteiger partial charge in [0.05, 0.1) is 17.7 Å². The minimum Gasteiger partial charge on any atom is -0.462 e. The number of furan rings is 1. The Morgan fingerprint density at radius 3 is 2.63 bits per heavy atom. The maximum atomic E-state index is 12.7. The summed E-state index contributed by atoms with van der Waals surface area (Å²) in [6, 6.07) is 3.05. The van der Waals surface area contributed by atoms with E-state index >= 15 is 0 Å². The minimum absolute atomic E-state index is 0.0234. The van der Waals surface area contributed by atoms with E-state index < -0.39 is 17.7 Å². The van der Waals surface area contributed by atoms with Crippen molar-refractivity contribution in [3.8, 4) is 0 Å². The Balaban J connectivity index is 2.68. The fraction of sp³-hybridized carbons (Fsp3) is 0.250. The number of halogens is 4. The van der Waals surface area contributed by atoms with E-state index in [-0.39, 0.29) is 27.8 Å². The number of carbonyl (C=O) groups excluding carboxylic acids is 1. The number of esters is 1. The van der Waals surface area contributed by atoms with Crippen LogP contribution in [-0.4, -0.2) is 12.6 Å². The highest BCUT2D eigenvalue weighted by atomic mass is 79.9. The van der Waals surface area contributed by atoms with Crippen molar-refractivity contribution >= 4 is 32.9 Å². The molecule has 2 aromatic rings. The average Bonchev–Trinajstić information content (AvgIpc) is 2.66. The van der Waals surface area contributed by atoms with Crippen molar-refractivity contribution in [3.63, 3.8) is 0 Å². The van der Waals surface area contributed by atoms with Crippen LogP contribution in [-0.2, 0) is 10.9 Å². The highest BCUT2D eigenvalue weighted by Gasteiger charge is 2.33. The Bertz CT molecular complexity index is 631. The van der Waals surface area contributed by atoms with E-state index in [0.717, 1.165) is 12.1 Å². The van der Waals surface area contributed by atoms with Crippen molar-refractivity contribution in [2.45, 2.75) is 13.1 Å². The Morgan fingerprint density at radius 1 is 1.37 bits per heavy atom. The molecule has 3 nitrogen and oxygen atoms in total. The first-order valence-electron chi connectivity index (χ1n) is 5.30. The molecule has 0 unspecified atom stereocenters. The molecule has 0 spiro atoms. The largest absolute Gasteiger partial charge is 0.462 e. The van der Waals surface area contributed by atoms with Gasteiger partial charge in [0.1, 0.15) is 5.58 Å². The molecule has 0 aliphatic carbocycles. The zero-order valence-electron chi connectivity index (χ0n) is 9.68. The van der Waals surface area contributed by atoms with Gasteiger partial charge in [-0.2, -0.15) is 13.2 Å². The van der Waals surface area contributed by atoms with Crippen molar-refractivity contribution in [1.82, 2.24) is 0 Å². The van der Waals surface area contributed by atoms with Crippen molar-refractivity contribution in [2.24, 2.45) is 0 Å². The maximum absolute atomic E-state index is 12.7. The first-order valence-corrected chi connectivity index (χ1v) is 6.09. The number of hydrogen-bond donors (Lipinski definition) is 0. The SMILES string of the molecule is CCOC(=O)c1cc(C(F)(F)F)cc2oc(Br)cc12. The molecule has 0 amide bonds. The van der Waals surface area contributed by atoms with Crippen LogP contribution in [0, 0.1) is 0 Å². The lowest BCUT2D eigenvalue weighted by Gasteiger charge is -2.09. The van der Waals surface area contributed by atoms with E-state index in [1.54, 1.807) is 6.92 Å². The van der Waals surface area contributed by atoms with E-state index in [2.05, 4.69) is 15.9 Å². The third kappa shape index (κ3) is 2.75. The van der Waals surface area contributed by atoms with Crippen LogP contribution >= 0.6 is 15.9 Å². The second kappa shape index (κ2) is 4.88. The number of benzene rings is 1. The first kappa shape index (κ1) is 13.9. The summed E-state index contributed by atoms with van der Waals surface area (Å²) in [5.74, 6) is -0.813. The van der Waals surface area contributed by atoms with Crippen LogP contribution in [0.25, 0.3) is 11.0 Å². The summed E-state index contributed by atoms with van der Waals surface area (Å²) in [7, 11) is 0. The second-order valence-corrected chi connectivity index (χ2v) is 4.49. The molecule has 0 fully saturated rings. The van der Waals surface area contributed by atoms with E-state index in [0.29, 0.717) is 0 Å². The van der Waals surface area contributed by atoms with Gasteiger partial charge >= 0.3 is 12.1 Å². The predicted octanol–water partition coefficient (Wildman–Crippen LogP) is 4.39. The predicted molar refractivity (Wildman–Crippen MR) is 64.9 cm³/mol. The Kier molecular flexibility index (Phi) is 3.58. The molecule has 0 saturated heterocycles. The summed E-state index contributed by atoms with van der Waals surface area (Å²) in [6.07, 6.45) is -4.56. The molecular formula is C12H8BrF3O3. The van der Waals surface area contributed by atoms with Crippen molar-refractivity contribution < 1.29 is 27.1 Å². The maximum Gasteiger partial charge on any atom is 0.416 e. The molecule has 0 radical (unpaired) electrons. The van der Waals surface area contributed by atoms with E-state index in [1.807, 2.05) is 0 Å². The second-order valence-electron chi connectivity index (χ2n) is 3.70. The van der Waals surface area contributed by atoms with Crippen molar-refractivity contribution in [3.05, 3.63) is 34.0 Å². The van der Waals surface area contributed by atoms with Gasteiger partial charge in [-0.25, -0.2) is 4.79 Å². The number of hydrogen-bond acceptors (Lipinski definition) is 3. The van der Waals surface area contributed by atoms with Crippen LogP contribution in [0.1, 0.15) is 22.8 Å². The van der Waals surface area contributed by atoms with Crippen LogP contribution < -0.4 is 0 Å². The molecule has 0 aliphatic rings. The Hall–Kier alpha value is -1.50. The summed E-state index contributed by atoms with van der Waals surface area (Å²) < 4.78 is 48.3. The quantitative estimate of drug-likeness (QED) is 0.763. The van der Waals surface area contributed by atoms with Gasteiger partial charge in [-0.3, -0.25) is 0 Å². The van der Waals surface area contributed by atoms with Crippen LogP contribution in [0.4, 0.5) is 13.2 Å². The molecule has 1 heterocycles. The molecule has 1 aromatic carbocycles. The number of carbonyl (C=O) groups is 1. The fourth-order valence-corrected chi connectivity index (χ4v) is 2.05. The molecule has 2 rings (SSSR count). The van der Waals surface area contributed by atoms with E-state index in [4.69, 9.17) is 9.15 Å². The number of alkyl halides is 3. The van der Waals surface area contributed by atoms with Gasteiger partial charge in [-0.15, -0.1) is 0 Å². The van der Waals surface area contributed by atoms with Gasteiger partial charge < -0.3 is 9.15 Å². The van der Waals surface area contributed by atoms with Crippen LogP contribution in [0.3, 0.4) is 0 Å². The number of rotatable bonds is 2. The molecule has 102 valence electrons. The Morgan fingerprint density at radius 2 is 2.05 bits per heavy atom. The molecule has 19 heavy (non-hydrogen) atoms. The summed E-state index contributed by atoms with van der Waals surface area (Å²) >= 11 is 3.02. The Labute approximate surface area is 114 Å². The standard InChI is InChI=1S/C12H8BrF3O3/c1-2-18-11(17)8-3-6(12(14,15)16)4-9-7(8)5-10(13)19-9/h3-5H,2H2,1H3. The average molecular weight is 337 g/mol. The van der Waals surface area contributed by atoms with Crippen LogP contribution in [0.5, 0.6) is 0 Å². The zero-order chi connectivity index (χ0) is 14.2. The third-order valence-corrected chi connectivity index (χ3v) is 2.82. The fourth-order valence-electron chi connectivity index (χ4n) is 1.65. The molecule has 0 saturated carbocycles. The van der Waals surface area contributed by atoms with Gasteiger partial charge in [0.15, 0.2) is 4.67 Å². The van der Waals surface area contributed by atoms with Gasteiger partial charge in [-0.05, 0) is 41.1 Å². The van der Waals surface area contributed by atoms with Crippen molar-refractivity contribution in [1.29, 1.82) is 0 Å². The lowest BCUT2D eigenvalue weighted by Crippen LogP contribution is -2.10. The summed E-state index contributed by atoms with van der Waals surface area (Å²) in [5, 5.41) is 0.276. The van der Waals surface area contributed by atoms with Crippen LogP contribution in [0.15, 0.2) is 27.3 Å². The molecule has 0 aliphatic heterocycles. The number of fused-ring (bicyclic) bond motifs is 1. The van der Waals surface area contributed by atoms with Gasteiger partial charge in [0.25, 0.3) is 0 Å². The molecular weight excluding hydrogens is 329 g/mol. The first-order chi connectivity index (χ1) is 8.82. The smallest absolute Gasteiger partial charge is 0.416 e.